The van der Waals surface area contributed by atoms with Gasteiger partial charge in [0, 0.05) is 24.5 Å². The highest BCUT2D eigenvalue weighted by atomic mass is 16.3. The number of likely N-dealkylation sites (tertiary alicyclic amines) is 1. The Hall–Kier alpha value is -1.36. The fourth-order valence-corrected chi connectivity index (χ4v) is 3.16. The summed E-state index contributed by atoms with van der Waals surface area (Å²) < 4.78 is 6.01. The van der Waals surface area contributed by atoms with Crippen molar-refractivity contribution in [3.8, 4) is 0 Å². The molecule has 2 atom stereocenters. The van der Waals surface area contributed by atoms with Crippen molar-refractivity contribution < 1.29 is 4.42 Å². The molecule has 0 saturated carbocycles. The number of fused-ring (bicyclic) bond motifs is 1. The molecule has 3 rings (SSSR count). The lowest BCUT2D eigenvalue weighted by atomic mass is 10.2. The third-order valence-electron chi connectivity index (χ3n) is 4.56. The van der Waals surface area contributed by atoms with Crippen LogP contribution >= 0.6 is 0 Å². The zero-order valence-corrected chi connectivity index (χ0v) is 13.2. The van der Waals surface area contributed by atoms with E-state index in [-0.39, 0.29) is 6.04 Å². The molecule has 2 unspecified atom stereocenters. The molecule has 114 valence electrons. The first-order chi connectivity index (χ1) is 10.2. The molecule has 1 aromatic carbocycles. The van der Waals surface area contributed by atoms with E-state index in [2.05, 4.69) is 47.4 Å². The third kappa shape index (κ3) is 3.12. The Labute approximate surface area is 126 Å². The van der Waals surface area contributed by atoms with Crippen LogP contribution in [0.4, 0.5) is 0 Å². The number of nitrogens with one attached hydrogen (secondary N) is 1. The van der Waals surface area contributed by atoms with Crippen LogP contribution in [-0.2, 0) is 0 Å². The number of rotatable bonds is 5. The fraction of sp³-hybridized carbons (Fsp3) is 0.529. The van der Waals surface area contributed by atoms with E-state index in [0.717, 1.165) is 24.4 Å². The lowest BCUT2D eigenvalue weighted by Crippen LogP contribution is -2.35. The summed E-state index contributed by atoms with van der Waals surface area (Å²) in [6, 6.07) is 11.3. The van der Waals surface area contributed by atoms with Gasteiger partial charge in [-0.2, -0.15) is 0 Å². The maximum atomic E-state index is 6.01. The molecule has 1 N–H and O–H groups in total. The van der Waals surface area contributed by atoms with Crippen molar-refractivity contribution in [3.05, 3.63) is 36.1 Å². The van der Waals surface area contributed by atoms with Crippen LogP contribution in [0.15, 0.2) is 34.7 Å². The first-order valence-electron chi connectivity index (χ1n) is 7.72. The van der Waals surface area contributed by atoms with Crippen LogP contribution < -0.4 is 5.32 Å². The van der Waals surface area contributed by atoms with Crippen LogP contribution in [0.3, 0.4) is 0 Å². The van der Waals surface area contributed by atoms with Gasteiger partial charge in [0.1, 0.15) is 11.3 Å². The summed E-state index contributed by atoms with van der Waals surface area (Å²) in [7, 11) is 6.35. The maximum absolute atomic E-state index is 6.01. The number of hydrogen-bond acceptors (Lipinski definition) is 4. The average molecular weight is 287 g/mol. The second-order valence-corrected chi connectivity index (χ2v) is 6.19. The molecule has 0 aliphatic carbocycles. The van der Waals surface area contributed by atoms with Gasteiger partial charge in [-0.3, -0.25) is 4.90 Å². The zero-order chi connectivity index (χ0) is 14.8. The Morgan fingerprint density at radius 2 is 2.19 bits per heavy atom. The molecule has 2 heterocycles. The summed E-state index contributed by atoms with van der Waals surface area (Å²) >= 11 is 0. The fourth-order valence-electron chi connectivity index (χ4n) is 3.16. The largest absolute Gasteiger partial charge is 0.459 e. The molecule has 2 aromatic rings. The number of nitrogens with zero attached hydrogens (tertiary/aromatic N) is 2. The summed E-state index contributed by atoms with van der Waals surface area (Å²) in [6.45, 7) is 3.31. The number of hydrogen-bond donors (Lipinski definition) is 1. The topological polar surface area (TPSA) is 31.6 Å². The SMILES string of the molecule is CNC(CN1CCC(N(C)C)C1)c1cc2ccccc2o1. The van der Waals surface area contributed by atoms with Crippen molar-refractivity contribution >= 4 is 11.0 Å². The number of benzene rings is 1. The van der Waals surface area contributed by atoms with Gasteiger partial charge in [0.25, 0.3) is 0 Å². The third-order valence-corrected chi connectivity index (χ3v) is 4.56. The van der Waals surface area contributed by atoms with Gasteiger partial charge in [0.05, 0.1) is 6.04 Å². The normalized spacial score (nSPS) is 21.4. The van der Waals surface area contributed by atoms with Gasteiger partial charge in [-0.25, -0.2) is 0 Å². The summed E-state index contributed by atoms with van der Waals surface area (Å²) in [5, 5.41) is 4.58. The lowest BCUT2D eigenvalue weighted by molar-refractivity contribution is 0.245. The summed E-state index contributed by atoms with van der Waals surface area (Å²) in [5.74, 6) is 1.03. The van der Waals surface area contributed by atoms with Crippen LogP contribution in [0.2, 0.25) is 0 Å². The highest BCUT2D eigenvalue weighted by molar-refractivity contribution is 5.77. The van der Waals surface area contributed by atoms with Crippen LogP contribution in [0.25, 0.3) is 11.0 Å². The Balaban J connectivity index is 1.70. The second kappa shape index (κ2) is 6.18. The molecule has 21 heavy (non-hydrogen) atoms. The first-order valence-corrected chi connectivity index (χ1v) is 7.72. The summed E-state index contributed by atoms with van der Waals surface area (Å²) in [6.07, 6.45) is 1.25. The smallest absolute Gasteiger partial charge is 0.134 e. The minimum atomic E-state index is 0.248. The van der Waals surface area contributed by atoms with Crippen LogP contribution in [0.5, 0.6) is 0 Å². The molecule has 1 saturated heterocycles. The van der Waals surface area contributed by atoms with Crippen LogP contribution in [0, 0.1) is 0 Å². The molecule has 0 spiro atoms. The van der Waals surface area contributed by atoms with E-state index in [1.54, 1.807) is 0 Å². The van der Waals surface area contributed by atoms with E-state index >= 15 is 0 Å². The molecular weight excluding hydrogens is 262 g/mol. The van der Waals surface area contributed by atoms with E-state index in [4.69, 9.17) is 4.42 Å². The van der Waals surface area contributed by atoms with Crippen molar-refractivity contribution in [1.82, 2.24) is 15.1 Å². The van der Waals surface area contributed by atoms with Gasteiger partial charge in [-0.1, -0.05) is 18.2 Å². The molecule has 4 nitrogen and oxygen atoms in total. The predicted octanol–water partition coefficient (Wildman–Crippen LogP) is 2.33. The Bertz CT molecular complexity index is 559. The van der Waals surface area contributed by atoms with E-state index in [0.29, 0.717) is 6.04 Å². The average Bonchev–Trinajstić information content (AvgIpc) is 3.11. The first kappa shape index (κ1) is 14.6. The van der Waals surface area contributed by atoms with Crippen molar-refractivity contribution in [1.29, 1.82) is 0 Å². The Morgan fingerprint density at radius 3 is 2.86 bits per heavy atom. The molecule has 1 aliphatic heterocycles. The van der Waals surface area contributed by atoms with Crippen molar-refractivity contribution in [2.24, 2.45) is 0 Å². The minimum Gasteiger partial charge on any atom is -0.459 e. The quantitative estimate of drug-likeness (QED) is 0.914. The molecular formula is C17H25N3O. The van der Waals surface area contributed by atoms with Crippen molar-refractivity contribution in [3.63, 3.8) is 0 Å². The van der Waals surface area contributed by atoms with Gasteiger partial charge >= 0.3 is 0 Å². The van der Waals surface area contributed by atoms with Gasteiger partial charge in [-0.05, 0) is 46.2 Å². The molecule has 1 aromatic heterocycles. The number of para-hydroxylation sites is 1. The van der Waals surface area contributed by atoms with Gasteiger partial charge < -0.3 is 14.6 Å². The Kier molecular flexibility index (Phi) is 4.29. The monoisotopic (exact) mass is 287 g/mol. The maximum Gasteiger partial charge on any atom is 0.134 e. The molecule has 0 radical (unpaired) electrons. The van der Waals surface area contributed by atoms with Crippen LogP contribution in [-0.4, -0.2) is 56.6 Å². The number of likely N-dealkylation sites (N-methyl/N-ethyl adjacent to an activating group) is 2. The molecule has 0 amide bonds. The van der Waals surface area contributed by atoms with E-state index in [1.807, 2.05) is 19.2 Å². The van der Waals surface area contributed by atoms with Gasteiger partial charge in [0.15, 0.2) is 0 Å². The standard InChI is InChI=1S/C17H25N3O/c1-18-15(12-20-9-8-14(11-20)19(2)3)17-10-13-6-4-5-7-16(13)21-17/h4-7,10,14-15,18H,8-9,11-12H2,1-3H3. The second-order valence-electron chi connectivity index (χ2n) is 6.19. The summed E-state index contributed by atoms with van der Waals surface area (Å²) in [4.78, 5) is 4.86. The van der Waals surface area contributed by atoms with E-state index in [1.165, 1.54) is 18.4 Å². The van der Waals surface area contributed by atoms with E-state index < -0.39 is 0 Å². The lowest BCUT2D eigenvalue weighted by Gasteiger charge is -2.23. The summed E-state index contributed by atoms with van der Waals surface area (Å²) in [5.41, 5.74) is 0.973. The molecule has 4 heteroatoms. The number of furan rings is 1. The van der Waals surface area contributed by atoms with Crippen LogP contribution in [0.1, 0.15) is 18.2 Å². The zero-order valence-electron chi connectivity index (χ0n) is 13.2. The molecule has 1 aliphatic rings. The highest BCUT2D eigenvalue weighted by Crippen LogP contribution is 2.25. The van der Waals surface area contributed by atoms with Crippen molar-refractivity contribution in [2.75, 3.05) is 40.8 Å². The Morgan fingerprint density at radius 1 is 1.38 bits per heavy atom. The predicted molar refractivity (Wildman–Crippen MR) is 86.5 cm³/mol. The minimum absolute atomic E-state index is 0.248. The molecule has 1 fully saturated rings. The van der Waals surface area contributed by atoms with E-state index in [9.17, 15) is 0 Å². The highest BCUT2D eigenvalue weighted by Gasteiger charge is 2.26. The van der Waals surface area contributed by atoms with Gasteiger partial charge in [0.2, 0.25) is 0 Å². The van der Waals surface area contributed by atoms with Crippen molar-refractivity contribution in [2.45, 2.75) is 18.5 Å². The van der Waals surface area contributed by atoms with Gasteiger partial charge in [-0.15, -0.1) is 0 Å². The molecule has 0 bridgehead atoms.